The molecule has 0 saturated carbocycles. The predicted molar refractivity (Wildman–Crippen MR) is 92.0 cm³/mol. The first-order chi connectivity index (χ1) is 11.7. The molecule has 1 unspecified atom stereocenters. The second-order valence-corrected chi connectivity index (χ2v) is 5.97. The van der Waals surface area contributed by atoms with Gasteiger partial charge in [0.2, 0.25) is 17.7 Å². The number of hydrogen-bond donors (Lipinski definition) is 2. The summed E-state index contributed by atoms with van der Waals surface area (Å²) in [6.45, 7) is 2.82. The molecule has 2 N–H and O–H groups in total. The second kappa shape index (κ2) is 7.40. The van der Waals surface area contributed by atoms with Crippen molar-refractivity contribution < 1.29 is 18.0 Å². The molecular weight excluding hydrogens is 372 g/mol. The van der Waals surface area contributed by atoms with E-state index >= 15 is 0 Å². The predicted octanol–water partition coefficient (Wildman–Crippen LogP) is 1.13. The Labute approximate surface area is 149 Å². The molecule has 25 heavy (non-hydrogen) atoms. The van der Waals surface area contributed by atoms with Crippen molar-refractivity contribution in [2.75, 3.05) is 4.90 Å². The van der Waals surface area contributed by atoms with E-state index in [2.05, 4.69) is 25.0 Å². The highest BCUT2D eigenvalue weighted by atomic mass is 35.5. The lowest BCUT2D eigenvalue weighted by atomic mass is 10.3. The number of anilines is 1. The fraction of sp³-hybridized carbons (Fsp3) is 0.231. The van der Waals surface area contributed by atoms with Gasteiger partial charge in [-0.05, 0) is 19.1 Å². The van der Waals surface area contributed by atoms with E-state index in [-0.39, 0.29) is 22.6 Å². The maximum absolute atomic E-state index is 12.3. The zero-order valence-corrected chi connectivity index (χ0v) is 14.7. The zero-order valence-electron chi connectivity index (χ0n) is 13.1. The SMILES string of the molecule is CC(=O)NC1(C)N=C(N(C(=O)N=S(=O)=O)c2ccccc2Cl)N=CN1. The standard InChI is InChI=1S/C13H13ClN6O4S/c1-8(21)17-13(2)16-7-15-11(18-13)20(12(22)19-25(23)24)10-6-4-3-5-9(10)14/h3-7H,1-2H3,(H,17,21)(H,15,16,18). The third kappa shape index (κ3) is 4.61. The molecule has 0 saturated heterocycles. The molecular formula is C13H13ClN6O4S. The van der Waals surface area contributed by atoms with Gasteiger partial charge < -0.3 is 10.6 Å². The number of amides is 3. The summed E-state index contributed by atoms with van der Waals surface area (Å²) in [5, 5.41) is 5.41. The van der Waals surface area contributed by atoms with E-state index < -0.39 is 22.3 Å². The van der Waals surface area contributed by atoms with Gasteiger partial charge in [0, 0.05) is 6.92 Å². The lowest BCUT2D eigenvalue weighted by Gasteiger charge is -2.31. The maximum atomic E-state index is 12.3. The van der Waals surface area contributed by atoms with Crippen molar-refractivity contribution in [2.45, 2.75) is 19.6 Å². The van der Waals surface area contributed by atoms with Gasteiger partial charge in [0.1, 0.15) is 0 Å². The Balaban J connectivity index is 2.58. The minimum absolute atomic E-state index is 0.131. The summed E-state index contributed by atoms with van der Waals surface area (Å²) in [5.74, 6) is -1.88. The average Bonchev–Trinajstić information content (AvgIpc) is 2.47. The number of halogens is 1. The first kappa shape index (κ1) is 18.5. The molecule has 132 valence electrons. The van der Waals surface area contributed by atoms with Crippen molar-refractivity contribution in [2.24, 2.45) is 14.3 Å². The Bertz CT molecular complexity index is 905. The van der Waals surface area contributed by atoms with Gasteiger partial charge in [0.25, 0.3) is 0 Å². The summed E-state index contributed by atoms with van der Waals surface area (Å²) in [6.07, 6.45) is 1.21. The smallest absolute Gasteiger partial charge is 0.335 e. The summed E-state index contributed by atoms with van der Waals surface area (Å²) >= 11 is 6.09. The molecule has 1 atom stereocenters. The van der Waals surface area contributed by atoms with E-state index in [4.69, 9.17) is 11.6 Å². The summed E-state index contributed by atoms with van der Waals surface area (Å²) in [5.41, 5.74) is 0.131. The molecule has 0 radical (unpaired) electrons. The van der Waals surface area contributed by atoms with Gasteiger partial charge in [-0.1, -0.05) is 28.1 Å². The first-order valence-electron chi connectivity index (χ1n) is 6.80. The highest BCUT2D eigenvalue weighted by molar-refractivity contribution is 7.62. The first-order valence-corrected chi connectivity index (χ1v) is 8.21. The third-order valence-corrected chi connectivity index (χ3v) is 3.53. The number of benzene rings is 1. The largest absolute Gasteiger partial charge is 0.370 e. The van der Waals surface area contributed by atoms with Gasteiger partial charge >= 0.3 is 16.5 Å². The van der Waals surface area contributed by atoms with Crippen LogP contribution < -0.4 is 15.5 Å². The molecule has 12 heteroatoms. The van der Waals surface area contributed by atoms with Crippen LogP contribution in [-0.2, 0) is 15.3 Å². The molecule has 0 aliphatic carbocycles. The highest BCUT2D eigenvalue weighted by Crippen LogP contribution is 2.27. The lowest BCUT2D eigenvalue weighted by molar-refractivity contribution is -0.120. The van der Waals surface area contributed by atoms with Crippen LogP contribution in [0.2, 0.25) is 5.02 Å². The topological polar surface area (TPSA) is 133 Å². The van der Waals surface area contributed by atoms with Gasteiger partial charge in [-0.15, -0.1) is 0 Å². The van der Waals surface area contributed by atoms with Crippen molar-refractivity contribution in [3.8, 4) is 0 Å². The van der Waals surface area contributed by atoms with Crippen LogP contribution in [0.4, 0.5) is 10.5 Å². The van der Waals surface area contributed by atoms with Crippen LogP contribution >= 0.6 is 11.6 Å². The molecule has 1 aromatic carbocycles. The fourth-order valence-electron chi connectivity index (χ4n) is 2.03. The average molecular weight is 385 g/mol. The van der Waals surface area contributed by atoms with Gasteiger partial charge in [-0.2, -0.15) is 8.42 Å². The molecule has 2 rings (SSSR count). The number of nitrogens with one attached hydrogen (secondary N) is 2. The Kier molecular flexibility index (Phi) is 5.49. The minimum Gasteiger partial charge on any atom is -0.335 e. The molecule has 1 aliphatic rings. The van der Waals surface area contributed by atoms with Crippen molar-refractivity contribution in [3.63, 3.8) is 0 Å². The van der Waals surface area contributed by atoms with Gasteiger partial charge in [-0.3, -0.25) is 4.79 Å². The Morgan fingerprint density at radius 1 is 1.36 bits per heavy atom. The van der Waals surface area contributed by atoms with Gasteiger partial charge in [0.05, 0.1) is 17.0 Å². The lowest BCUT2D eigenvalue weighted by Crippen LogP contribution is -2.57. The molecule has 10 nitrogen and oxygen atoms in total. The van der Waals surface area contributed by atoms with Crippen molar-refractivity contribution in [3.05, 3.63) is 29.3 Å². The highest BCUT2D eigenvalue weighted by Gasteiger charge is 2.32. The second-order valence-electron chi connectivity index (χ2n) is 4.95. The van der Waals surface area contributed by atoms with E-state index in [1.807, 2.05) is 0 Å². The maximum Gasteiger partial charge on any atom is 0.370 e. The molecule has 0 aromatic heterocycles. The number of rotatable bonds is 2. The van der Waals surface area contributed by atoms with Crippen LogP contribution in [0, 0.1) is 0 Å². The number of hydrogen-bond acceptors (Lipinski definition) is 7. The van der Waals surface area contributed by atoms with Crippen LogP contribution in [0.3, 0.4) is 0 Å². The zero-order chi connectivity index (χ0) is 18.6. The van der Waals surface area contributed by atoms with E-state index in [0.717, 1.165) is 4.90 Å². The van der Waals surface area contributed by atoms with Gasteiger partial charge in [-0.25, -0.2) is 19.7 Å². The van der Waals surface area contributed by atoms with E-state index in [0.29, 0.717) is 0 Å². The Hall–Kier alpha value is -2.79. The third-order valence-electron chi connectivity index (χ3n) is 2.91. The molecule has 1 aliphatic heterocycles. The number of urea groups is 1. The number of para-hydroxylation sites is 1. The number of nitrogens with zero attached hydrogens (tertiary/aromatic N) is 4. The molecule has 1 aromatic rings. The minimum atomic E-state index is -2.98. The number of guanidine groups is 1. The quantitative estimate of drug-likeness (QED) is 0.788. The van der Waals surface area contributed by atoms with E-state index in [9.17, 15) is 18.0 Å². The summed E-state index contributed by atoms with van der Waals surface area (Å²) < 4.78 is 24.5. The molecule has 3 amide bonds. The number of aliphatic imine (C=N–C) groups is 2. The monoisotopic (exact) mass is 384 g/mol. The fourth-order valence-corrected chi connectivity index (χ4v) is 2.45. The van der Waals surface area contributed by atoms with E-state index in [1.165, 1.54) is 32.3 Å². The summed E-state index contributed by atoms with van der Waals surface area (Å²) in [7, 11) is -2.98. The normalized spacial score (nSPS) is 18.6. The molecule has 0 fully saturated rings. The van der Waals surface area contributed by atoms with Crippen LogP contribution in [0.5, 0.6) is 0 Å². The Morgan fingerprint density at radius 2 is 2.04 bits per heavy atom. The molecule has 0 bridgehead atoms. The van der Waals surface area contributed by atoms with Crippen molar-refractivity contribution in [1.29, 1.82) is 0 Å². The van der Waals surface area contributed by atoms with Crippen molar-refractivity contribution >= 4 is 52.0 Å². The van der Waals surface area contributed by atoms with Crippen LogP contribution in [0.25, 0.3) is 0 Å². The van der Waals surface area contributed by atoms with E-state index in [1.54, 1.807) is 12.1 Å². The summed E-state index contributed by atoms with van der Waals surface area (Å²) in [4.78, 5) is 32.5. The van der Waals surface area contributed by atoms with Crippen LogP contribution in [0.15, 0.2) is 38.6 Å². The van der Waals surface area contributed by atoms with Crippen LogP contribution in [0.1, 0.15) is 13.8 Å². The van der Waals surface area contributed by atoms with Crippen molar-refractivity contribution in [1.82, 2.24) is 10.6 Å². The number of carbonyl (C=O) groups excluding carboxylic acids is 2. The number of carbonyl (C=O) groups is 2. The summed E-state index contributed by atoms with van der Waals surface area (Å²) in [6, 6.07) is 5.04. The van der Waals surface area contributed by atoms with Crippen LogP contribution in [-0.4, -0.2) is 38.4 Å². The van der Waals surface area contributed by atoms with Gasteiger partial charge in [0.15, 0.2) is 0 Å². The Morgan fingerprint density at radius 3 is 2.64 bits per heavy atom. The molecule has 1 heterocycles. The molecule has 0 spiro atoms.